The average Bonchev–Trinajstić information content (AvgIpc) is 2.25. The topological polar surface area (TPSA) is 47.6 Å². The van der Waals surface area contributed by atoms with Crippen LogP contribution in [0.2, 0.25) is 0 Å². The maximum absolute atomic E-state index is 11.4. The van der Waals surface area contributed by atoms with E-state index >= 15 is 0 Å². The summed E-state index contributed by atoms with van der Waals surface area (Å²) in [4.78, 5) is 11.4. The van der Waals surface area contributed by atoms with Crippen molar-refractivity contribution in [2.75, 3.05) is 31.7 Å². The van der Waals surface area contributed by atoms with E-state index in [2.05, 4.69) is 21.2 Å². The first kappa shape index (κ1) is 11.9. The van der Waals surface area contributed by atoms with Crippen LogP contribution in [0.4, 0.5) is 0 Å². The molecule has 1 atom stereocenters. The highest BCUT2D eigenvalue weighted by Gasteiger charge is 2.21. The largest absolute Gasteiger partial charge is 0.376 e. The molecule has 5 heteroatoms. The lowest BCUT2D eigenvalue weighted by Crippen LogP contribution is -2.43. The maximum Gasteiger partial charge on any atom is 0.251 e. The summed E-state index contributed by atoms with van der Waals surface area (Å²) in [6.07, 6.45) is 1.65. The second-order valence-corrected chi connectivity index (χ2v) is 3.91. The molecule has 1 aliphatic rings. The van der Waals surface area contributed by atoms with Gasteiger partial charge in [-0.15, -0.1) is 0 Å². The molecule has 0 saturated carbocycles. The van der Waals surface area contributed by atoms with Crippen LogP contribution < -0.4 is 5.32 Å². The van der Waals surface area contributed by atoms with Gasteiger partial charge in [-0.2, -0.15) is 0 Å². The minimum Gasteiger partial charge on any atom is -0.376 e. The zero-order valence-electron chi connectivity index (χ0n) is 8.13. The zero-order chi connectivity index (χ0) is 10.2. The van der Waals surface area contributed by atoms with E-state index in [0.29, 0.717) is 26.4 Å². The Morgan fingerprint density at radius 3 is 2.93 bits per heavy atom. The van der Waals surface area contributed by atoms with Gasteiger partial charge in [0.2, 0.25) is 0 Å². The van der Waals surface area contributed by atoms with Gasteiger partial charge in [0.05, 0.1) is 19.8 Å². The molecule has 1 heterocycles. The van der Waals surface area contributed by atoms with Crippen LogP contribution in [0.5, 0.6) is 0 Å². The minimum absolute atomic E-state index is 0.0562. The van der Waals surface area contributed by atoms with E-state index < -0.39 is 6.10 Å². The number of alkyl halides is 1. The van der Waals surface area contributed by atoms with Crippen molar-refractivity contribution >= 4 is 21.8 Å². The number of nitrogens with one attached hydrogen (secondary N) is 1. The Labute approximate surface area is 92.5 Å². The molecule has 14 heavy (non-hydrogen) atoms. The molecule has 1 saturated heterocycles. The fourth-order valence-electron chi connectivity index (χ4n) is 1.18. The van der Waals surface area contributed by atoms with Crippen molar-refractivity contribution < 1.29 is 14.3 Å². The Kier molecular flexibility index (Phi) is 6.14. The van der Waals surface area contributed by atoms with Crippen LogP contribution in [0.1, 0.15) is 12.8 Å². The summed E-state index contributed by atoms with van der Waals surface area (Å²) >= 11 is 3.34. The minimum atomic E-state index is -0.410. The molecule has 1 N–H and O–H groups in total. The normalized spacial score (nSPS) is 21.9. The molecule has 1 unspecified atom stereocenters. The van der Waals surface area contributed by atoms with Crippen molar-refractivity contribution in [3.63, 3.8) is 0 Å². The van der Waals surface area contributed by atoms with Crippen molar-refractivity contribution in [3.8, 4) is 0 Å². The van der Waals surface area contributed by atoms with Gasteiger partial charge in [-0.05, 0) is 12.8 Å². The van der Waals surface area contributed by atoms with Crippen molar-refractivity contribution in [1.29, 1.82) is 0 Å². The van der Waals surface area contributed by atoms with E-state index in [1.807, 2.05) is 0 Å². The Morgan fingerprint density at radius 2 is 2.29 bits per heavy atom. The number of unbranched alkanes of at least 4 members (excludes halogenated alkanes) is 1. The van der Waals surface area contributed by atoms with Crippen LogP contribution in [0.3, 0.4) is 0 Å². The molecule has 1 amide bonds. The zero-order valence-corrected chi connectivity index (χ0v) is 9.72. The highest BCUT2D eigenvalue weighted by atomic mass is 79.9. The van der Waals surface area contributed by atoms with E-state index in [4.69, 9.17) is 9.47 Å². The maximum atomic E-state index is 11.4. The first-order valence-corrected chi connectivity index (χ1v) is 6.00. The fraction of sp³-hybridized carbons (Fsp3) is 0.889. The van der Waals surface area contributed by atoms with Gasteiger partial charge in [0, 0.05) is 11.9 Å². The Balaban J connectivity index is 2.07. The third-order valence-electron chi connectivity index (χ3n) is 1.97. The molecule has 82 valence electrons. The molecule has 4 nitrogen and oxygen atoms in total. The van der Waals surface area contributed by atoms with Gasteiger partial charge in [0.1, 0.15) is 0 Å². The second kappa shape index (κ2) is 7.20. The van der Waals surface area contributed by atoms with Crippen LogP contribution in [0.25, 0.3) is 0 Å². The molecule has 1 aliphatic heterocycles. The molecule has 0 aromatic carbocycles. The van der Waals surface area contributed by atoms with Crippen LogP contribution in [0.15, 0.2) is 0 Å². The Bertz CT molecular complexity index is 171. The number of hydrogen-bond donors (Lipinski definition) is 1. The second-order valence-electron chi connectivity index (χ2n) is 3.12. The molecular weight excluding hydrogens is 250 g/mol. The number of ether oxygens (including phenoxy) is 2. The lowest BCUT2D eigenvalue weighted by molar-refractivity contribution is -0.147. The Hall–Kier alpha value is -0.130. The van der Waals surface area contributed by atoms with Crippen LogP contribution >= 0.6 is 15.9 Å². The van der Waals surface area contributed by atoms with Crippen molar-refractivity contribution in [1.82, 2.24) is 5.32 Å². The third kappa shape index (κ3) is 4.39. The molecule has 1 fully saturated rings. The van der Waals surface area contributed by atoms with Crippen LogP contribution in [-0.2, 0) is 14.3 Å². The van der Waals surface area contributed by atoms with Crippen LogP contribution in [-0.4, -0.2) is 43.7 Å². The van der Waals surface area contributed by atoms with E-state index in [1.54, 1.807) is 0 Å². The van der Waals surface area contributed by atoms with Gasteiger partial charge in [0.25, 0.3) is 5.91 Å². The molecule has 1 rings (SSSR count). The van der Waals surface area contributed by atoms with E-state index in [1.165, 1.54) is 0 Å². The first-order chi connectivity index (χ1) is 6.84. The predicted molar refractivity (Wildman–Crippen MR) is 56.6 cm³/mol. The average molecular weight is 266 g/mol. The van der Waals surface area contributed by atoms with Gasteiger partial charge in [-0.1, -0.05) is 15.9 Å². The summed E-state index contributed by atoms with van der Waals surface area (Å²) in [5.41, 5.74) is 0. The van der Waals surface area contributed by atoms with Gasteiger partial charge < -0.3 is 14.8 Å². The Morgan fingerprint density at radius 1 is 1.43 bits per heavy atom. The SMILES string of the molecule is O=C(NCCCCBr)C1COCCO1. The van der Waals surface area contributed by atoms with Gasteiger partial charge in [0.15, 0.2) is 6.10 Å². The van der Waals surface area contributed by atoms with Crippen LogP contribution in [0, 0.1) is 0 Å². The highest BCUT2D eigenvalue weighted by Crippen LogP contribution is 2.00. The first-order valence-electron chi connectivity index (χ1n) is 4.87. The summed E-state index contributed by atoms with van der Waals surface area (Å²) in [5.74, 6) is -0.0562. The quantitative estimate of drug-likeness (QED) is 0.588. The molecule has 0 aliphatic carbocycles. The molecule has 0 spiro atoms. The molecule has 0 aromatic rings. The lowest BCUT2D eigenvalue weighted by atomic mass is 10.3. The van der Waals surface area contributed by atoms with Gasteiger partial charge >= 0.3 is 0 Å². The number of rotatable bonds is 5. The summed E-state index contributed by atoms with van der Waals surface area (Å²) in [5, 5.41) is 3.80. The molecule has 0 radical (unpaired) electrons. The van der Waals surface area contributed by atoms with E-state index in [0.717, 1.165) is 18.2 Å². The monoisotopic (exact) mass is 265 g/mol. The van der Waals surface area contributed by atoms with Gasteiger partial charge in [-0.3, -0.25) is 4.79 Å². The van der Waals surface area contributed by atoms with Gasteiger partial charge in [-0.25, -0.2) is 0 Å². The molecule has 0 aromatic heterocycles. The lowest BCUT2D eigenvalue weighted by Gasteiger charge is -2.21. The number of carbonyl (C=O) groups excluding carboxylic acids is 1. The number of hydrogen-bond acceptors (Lipinski definition) is 3. The number of amides is 1. The highest BCUT2D eigenvalue weighted by molar-refractivity contribution is 9.09. The fourth-order valence-corrected chi connectivity index (χ4v) is 1.58. The summed E-state index contributed by atoms with van der Waals surface area (Å²) in [6.45, 7) is 2.20. The predicted octanol–water partition coefficient (Wildman–Crippen LogP) is 0.693. The summed E-state index contributed by atoms with van der Waals surface area (Å²) in [7, 11) is 0. The van der Waals surface area contributed by atoms with Crippen molar-refractivity contribution in [2.24, 2.45) is 0 Å². The third-order valence-corrected chi connectivity index (χ3v) is 2.53. The summed E-state index contributed by atoms with van der Waals surface area (Å²) < 4.78 is 10.4. The standard InChI is InChI=1S/C9H16BrNO3/c10-3-1-2-4-11-9(12)8-7-13-5-6-14-8/h8H,1-7H2,(H,11,12). The molecular formula is C9H16BrNO3. The number of carbonyl (C=O) groups is 1. The van der Waals surface area contributed by atoms with Crippen molar-refractivity contribution in [3.05, 3.63) is 0 Å². The van der Waals surface area contributed by atoms with E-state index in [-0.39, 0.29) is 5.91 Å². The summed E-state index contributed by atoms with van der Waals surface area (Å²) in [6, 6.07) is 0. The molecule has 0 bridgehead atoms. The smallest absolute Gasteiger partial charge is 0.251 e. The van der Waals surface area contributed by atoms with Crippen molar-refractivity contribution in [2.45, 2.75) is 18.9 Å². The van der Waals surface area contributed by atoms with E-state index in [9.17, 15) is 4.79 Å². The number of halogens is 1.